The van der Waals surface area contributed by atoms with Crippen molar-refractivity contribution in [1.82, 2.24) is 10.3 Å². The smallest absolute Gasteiger partial charge is 0.426 e. The molecule has 1 amide bonds. The van der Waals surface area contributed by atoms with Crippen molar-refractivity contribution in [2.75, 3.05) is 25.1 Å². The van der Waals surface area contributed by atoms with E-state index in [0.717, 1.165) is 29.9 Å². The molecule has 1 saturated heterocycles. The van der Waals surface area contributed by atoms with Gasteiger partial charge in [-0.15, -0.1) is 0 Å². The fraction of sp³-hybridized carbons (Fsp3) is 0.333. The van der Waals surface area contributed by atoms with Crippen LogP contribution in [-0.4, -0.2) is 47.8 Å². The molecule has 0 unspecified atom stereocenters. The highest BCUT2D eigenvalue weighted by Gasteiger charge is 2.22. The van der Waals surface area contributed by atoms with E-state index in [4.69, 9.17) is 9.84 Å². The van der Waals surface area contributed by atoms with Gasteiger partial charge in [0.05, 0.1) is 12.1 Å². The standard InChI is InChI=1S/C21H25N3O4/c25-20(26)12-15-24-13-10-17(11-14-24)28-21(27)23-22-19-9-5-4-8-18(19)16-6-2-1-3-7-16/h1-9,17,22H,10-15H2,(H,23,27)(H,25,26). The van der Waals surface area contributed by atoms with Crippen LogP contribution in [0.5, 0.6) is 0 Å². The number of amides is 1. The average molecular weight is 383 g/mol. The van der Waals surface area contributed by atoms with Crippen LogP contribution in [0.15, 0.2) is 54.6 Å². The van der Waals surface area contributed by atoms with Gasteiger partial charge >= 0.3 is 12.1 Å². The van der Waals surface area contributed by atoms with Crippen LogP contribution in [0.2, 0.25) is 0 Å². The molecule has 3 N–H and O–H groups in total. The van der Waals surface area contributed by atoms with Crippen molar-refractivity contribution in [3.8, 4) is 11.1 Å². The number of hydrazine groups is 1. The van der Waals surface area contributed by atoms with E-state index in [-0.39, 0.29) is 12.5 Å². The molecule has 2 aromatic carbocycles. The fourth-order valence-electron chi connectivity index (χ4n) is 3.27. The molecule has 0 saturated carbocycles. The van der Waals surface area contributed by atoms with Gasteiger partial charge in [-0.1, -0.05) is 48.5 Å². The lowest BCUT2D eigenvalue weighted by Gasteiger charge is -2.31. The Hall–Kier alpha value is -3.06. The lowest BCUT2D eigenvalue weighted by molar-refractivity contribution is -0.137. The van der Waals surface area contributed by atoms with Crippen LogP contribution in [0.25, 0.3) is 11.1 Å². The highest BCUT2D eigenvalue weighted by Crippen LogP contribution is 2.26. The summed E-state index contributed by atoms with van der Waals surface area (Å²) in [5, 5.41) is 8.75. The molecule has 7 nitrogen and oxygen atoms in total. The van der Waals surface area contributed by atoms with Crippen molar-refractivity contribution in [3.63, 3.8) is 0 Å². The molecule has 1 aliphatic heterocycles. The Kier molecular flexibility index (Phi) is 6.86. The zero-order chi connectivity index (χ0) is 19.8. The molecular formula is C21H25N3O4. The summed E-state index contributed by atoms with van der Waals surface area (Å²) in [7, 11) is 0. The van der Waals surface area contributed by atoms with Crippen molar-refractivity contribution in [2.45, 2.75) is 25.4 Å². The molecule has 1 fully saturated rings. The third-order valence-corrected chi connectivity index (χ3v) is 4.76. The van der Waals surface area contributed by atoms with Crippen LogP contribution >= 0.6 is 0 Å². The Labute approximate surface area is 164 Å². The Morgan fingerprint density at radius 2 is 1.71 bits per heavy atom. The Bertz CT molecular complexity index is 789. The number of carbonyl (C=O) groups excluding carboxylic acids is 1. The number of para-hydroxylation sites is 1. The molecule has 1 aliphatic rings. The number of hydrogen-bond acceptors (Lipinski definition) is 5. The number of piperidine rings is 1. The largest absolute Gasteiger partial charge is 0.481 e. The van der Waals surface area contributed by atoms with Crippen LogP contribution in [0.4, 0.5) is 10.5 Å². The summed E-state index contributed by atoms with van der Waals surface area (Å²) in [4.78, 5) is 24.9. The number of anilines is 1. The van der Waals surface area contributed by atoms with Gasteiger partial charge in [-0.3, -0.25) is 10.2 Å². The molecule has 2 aromatic rings. The van der Waals surface area contributed by atoms with Crippen LogP contribution in [-0.2, 0) is 9.53 Å². The lowest BCUT2D eigenvalue weighted by atomic mass is 10.0. The number of carbonyl (C=O) groups is 2. The van der Waals surface area contributed by atoms with Gasteiger partial charge in [0.1, 0.15) is 6.10 Å². The minimum Gasteiger partial charge on any atom is -0.481 e. The number of benzene rings is 2. The molecule has 148 valence electrons. The second-order valence-corrected chi connectivity index (χ2v) is 6.75. The molecule has 0 aliphatic carbocycles. The molecule has 28 heavy (non-hydrogen) atoms. The fourth-order valence-corrected chi connectivity index (χ4v) is 3.27. The number of ether oxygens (including phenoxy) is 1. The quantitative estimate of drug-likeness (QED) is 0.635. The zero-order valence-electron chi connectivity index (χ0n) is 15.6. The van der Waals surface area contributed by atoms with Gasteiger partial charge in [0.2, 0.25) is 0 Å². The van der Waals surface area contributed by atoms with E-state index in [1.165, 1.54) is 0 Å². The second-order valence-electron chi connectivity index (χ2n) is 6.75. The maximum atomic E-state index is 12.1. The van der Waals surface area contributed by atoms with Gasteiger partial charge in [-0.05, 0) is 24.5 Å². The van der Waals surface area contributed by atoms with Crippen molar-refractivity contribution < 1.29 is 19.4 Å². The Morgan fingerprint density at radius 3 is 2.43 bits per heavy atom. The van der Waals surface area contributed by atoms with E-state index in [0.29, 0.717) is 19.4 Å². The number of nitrogens with one attached hydrogen (secondary N) is 2. The monoisotopic (exact) mass is 383 g/mol. The maximum absolute atomic E-state index is 12.1. The summed E-state index contributed by atoms with van der Waals surface area (Å²) in [6, 6.07) is 17.6. The predicted octanol–water partition coefficient (Wildman–Crippen LogP) is 3.35. The summed E-state index contributed by atoms with van der Waals surface area (Å²) in [5.41, 5.74) is 8.37. The number of hydrogen-bond donors (Lipinski definition) is 3. The summed E-state index contributed by atoms with van der Waals surface area (Å²) in [5.74, 6) is -0.792. The minimum absolute atomic E-state index is 0.136. The van der Waals surface area contributed by atoms with Crippen LogP contribution < -0.4 is 10.9 Å². The second kappa shape index (κ2) is 9.75. The van der Waals surface area contributed by atoms with Crippen molar-refractivity contribution in [2.24, 2.45) is 0 Å². The molecule has 7 heteroatoms. The van der Waals surface area contributed by atoms with E-state index in [1.807, 2.05) is 54.6 Å². The van der Waals surface area contributed by atoms with Crippen LogP contribution in [0.1, 0.15) is 19.3 Å². The molecule has 1 heterocycles. The number of likely N-dealkylation sites (tertiary alicyclic amines) is 1. The zero-order valence-corrected chi connectivity index (χ0v) is 15.6. The van der Waals surface area contributed by atoms with Gasteiger partial charge in [-0.25, -0.2) is 10.2 Å². The number of carboxylic acids is 1. The molecule has 0 atom stereocenters. The van der Waals surface area contributed by atoms with E-state index >= 15 is 0 Å². The molecule has 0 aromatic heterocycles. The average Bonchev–Trinajstić information content (AvgIpc) is 2.72. The summed E-state index contributed by atoms with van der Waals surface area (Å²) < 4.78 is 5.48. The molecule has 0 radical (unpaired) electrons. The van der Waals surface area contributed by atoms with E-state index in [9.17, 15) is 9.59 Å². The first-order valence-corrected chi connectivity index (χ1v) is 9.43. The van der Waals surface area contributed by atoms with E-state index in [1.54, 1.807) is 0 Å². The number of nitrogens with zero attached hydrogens (tertiary/aromatic N) is 1. The minimum atomic E-state index is -0.792. The van der Waals surface area contributed by atoms with Crippen molar-refractivity contribution >= 4 is 17.7 Å². The van der Waals surface area contributed by atoms with Gasteiger partial charge in [0, 0.05) is 25.2 Å². The Morgan fingerprint density at radius 1 is 1.04 bits per heavy atom. The SMILES string of the molecule is O=C(O)CCN1CCC(OC(=O)NNc2ccccc2-c2ccccc2)CC1. The van der Waals surface area contributed by atoms with E-state index in [2.05, 4.69) is 15.8 Å². The highest BCUT2D eigenvalue weighted by molar-refractivity contribution is 5.79. The third kappa shape index (κ3) is 5.72. The van der Waals surface area contributed by atoms with Gasteiger partial charge < -0.3 is 14.7 Å². The molecule has 0 bridgehead atoms. The summed E-state index contributed by atoms with van der Waals surface area (Å²) in [6.45, 7) is 2.00. The summed E-state index contributed by atoms with van der Waals surface area (Å²) in [6.07, 6.45) is 0.858. The number of rotatable bonds is 7. The van der Waals surface area contributed by atoms with Gasteiger partial charge in [0.25, 0.3) is 0 Å². The highest BCUT2D eigenvalue weighted by atomic mass is 16.6. The number of carboxylic acid groups (broad SMARTS) is 1. The normalized spacial score (nSPS) is 15.0. The molecule has 0 spiro atoms. The van der Waals surface area contributed by atoms with Gasteiger partial charge in [-0.2, -0.15) is 0 Å². The maximum Gasteiger partial charge on any atom is 0.426 e. The first kappa shape index (κ1) is 19.7. The predicted molar refractivity (Wildman–Crippen MR) is 107 cm³/mol. The third-order valence-electron chi connectivity index (χ3n) is 4.76. The first-order chi connectivity index (χ1) is 13.6. The molecular weight excluding hydrogens is 358 g/mol. The first-order valence-electron chi connectivity index (χ1n) is 9.43. The summed E-state index contributed by atoms with van der Waals surface area (Å²) >= 11 is 0. The van der Waals surface area contributed by atoms with Crippen molar-refractivity contribution in [3.05, 3.63) is 54.6 Å². The van der Waals surface area contributed by atoms with Crippen LogP contribution in [0, 0.1) is 0 Å². The lowest BCUT2D eigenvalue weighted by Crippen LogP contribution is -2.41. The molecule has 3 rings (SSSR count). The topological polar surface area (TPSA) is 90.9 Å². The van der Waals surface area contributed by atoms with Crippen LogP contribution in [0.3, 0.4) is 0 Å². The van der Waals surface area contributed by atoms with E-state index < -0.39 is 12.1 Å². The number of aliphatic carboxylic acids is 1. The van der Waals surface area contributed by atoms with Crippen molar-refractivity contribution in [1.29, 1.82) is 0 Å². The Balaban J connectivity index is 1.46. The van der Waals surface area contributed by atoms with Gasteiger partial charge in [0.15, 0.2) is 0 Å².